The molecule has 0 aliphatic carbocycles. The molecule has 0 aromatic rings. The topological polar surface area (TPSA) is 66.5 Å². The third kappa shape index (κ3) is 4.45. The Morgan fingerprint density at radius 2 is 1.79 bits per heavy atom. The van der Waals surface area contributed by atoms with Crippen LogP contribution in [0.2, 0.25) is 0 Å². The molecule has 2 atom stereocenters. The monoisotopic (exact) mass is 290 g/mol. The highest BCUT2D eigenvalue weighted by Gasteiger charge is 2.37. The molecule has 5 nitrogen and oxygen atoms in total. The van der Waals surface area contributed by atoms with E-state index in [0.717, 1.165) is 25.7 Å². The molecule has 6 heteroatoms. The van der Waals surface area contributed by atoms with Crippen LogP contribution >= 0.6 is 0 Å². The van der Waals surface area contributed by atoms with Crippen molar-refractivity contribution in [1.29, 1.82) is 0 Å². The summed E-state index contributed by atoms with van der Waals surface area (Å²) in [6, 6.07) is -0.133. The van der Waals surface area contributed by atoms with Gasteiger partial charge < -0.3 is 4.90 Å². The lowest BCUT2D eigenvalue weighted by Crippen LogP contribution is -2.40. The van der Waals surface area contributed by atoms with Gasteiger partial charge in [0.25, 0.3) is 0 Å². The average Bonchev–Trinajstić information content (AvgIpc) is 2.65. The zero-order chi connectivity index (χ0) is 14.5. The van der Waals surface area contributed by atoms with Crippen molar-refractivity contribution in [3.8, 4) is 0 Å². The molecule has 0 aromatic heterocycles. The van der Waals surface area contributed by atoms with Crippen molar-refractivity contribution in [2.24, 2.45) is 0 Å². The maximum absolute atomic E-state index is 12.3. The van der Waals surface area contributed by atoms with Crippen molar-refractivity contribution in [2.75, 3.05) is 18.1 Å². The number of carbonyl (C=O) groups excluding carboxylic acids is 1. The van der Waals surface area contributed by atoms with Crippen molar-refractivity contribution >= 4 is 15.7 Å². The molecule has 1 rings (SSSR count). The van der Waals surface area contributed by atoms with Crippen molar-refractivity contribution < 1.29 is 13.2 Å². The van der Waals surface area contributed by atoms with Gasteiger partial charge in [-0.25, -0.2) is 8.42 Å². The fourth-order valence-electron chi connectivity index (χ4n) is 2.40. The zero-order valence-corrected chi connectivity index (χ0v) is 13.0. The molecule has 0 spiro atoms. The maximum Gasteiger partial charge on any atom is 0.241 e. The van der Waals surface area contributed by atoms with Crippen molar-refractivity contribution in [2.45, 2.75) is 58.7 Å². The van der Waals surface area contributed by atoms with Crippen molar-refractivity contribution in [3.05, 3.63) is 0 Å². The molecule has 1 heterocycles. The largest absolute Gasteiger partial charge is 0.325 e. The second-order valence-electron chi connectivity index (χ2n) is 5.08. The Kier molecular flexibility index (Phi) is 6.26. The maximum atomic E-state index is 12.3. The standard InChI is InChI=1S/C13H26N2O3S/c1-4-7-11-13(16)15(12(14-11)8-5-2)9-10-19(17,18)6-3/h11-12,14H,4-10H2,1-3H3. The summed E-state index contributed by atoms with van der Waals surface area (Å²) in [5.74, 6) is 0.265. The van der Waals surface area contributed by atoms with E-state index in [0.29, 0.717) is 6.54 Å². The number of hydrogen-bond acceptors (Lipinski definition) is 4. The van der Waals surface area contributed by atoms with E-state index in [1.54, 1.807) is 11.8 Å². The summed E-state index contributed by atoms with van der Waals surface area (Å²) < 4.78 is 23.2. The minimum atomic E-state index is -3.02. The quantitative estimate of drug-likeness (QED) is 0.728. The third-order valence-electron chi connectivity index (χ3n) is 3.57. The van der Waals surface area contributed by atoms with Crippen LogP contribution in [0.3, 0.4) is 0 Å². The summed E-state index contributed by atoms with van der Waals surface area (Å²) in [6.07, 6.45) is 3.61. The van der Waals surface area contributed by atoms with E-state index in [-0.39, 0.29) is 29.6 Å². The van der Waals surface area contributed by atoms with Gasteiger partial charge in [-0.15, -0.1) is 0 Å². The Hall–Kier alpha value is -0.620. The molecule has 1 saturated heterocycles. The highest BCUT2D eigenvalue weighted by atomic mass is 32.2. The molecule has 1 N–H and O–H groups in total. The average molecular weight is 290 g/mol. The molecule has 1 aliphatic rings. The van der Waals surface area contributed by atoms with Gasteiger partial charge in [-0.2, -0.15) is 0 Å². The second kappa shape index (κ2) is 7.24. The molecule has 1 fully saturated rings. The van der Waals surface area contributed by atoms with Crippen LogP contribution in [0.4, 0.5) is 0 Å². The Balaban J connectivity index is 2.68. The molecule has 112 valence electrons. The molecular formula is C13H26N2O3S. The molecule has 1 aliphatic heterocycles. The van der Waals surface area contributed by atoms with E-state index in [2.05, 4.69) is 12.2 Å². The molecule has 2 unspecified atom stereocenters. The predicted molar refractivity (Wildman–Crippen MR) is 76.6 cm³/mol. The molecule has 19 heavy (non-hydrogen) atoms. The highest BCUT2D eigenvalue weighted by Crippen LogP contribution is 2.18. The normalized spacial score (nSPS) is 24.2. The first-order valence-electron chi connectivity index (χ1n) is 7.22. The Morgan fingerprint density at radius 1 is 1.16 bits per heavy atom. The van der Waals surface area contributed by atoms with E-state index in [4.69, 9.17) is 0 Å². The lowest BCUT2D eigenvalue weighted by Gasteiger charge is -2.23. The number of hydrogen-bond donors (Lipinski definition) is 1. The van der Waals surface area contributed by atoms with Crippen molar-refractivity contribution in [3.63, 3.8) is 0 Å². The predicted octanol–water partition coefficient (Wildman–Crippen LogP) is 1.15. The Labute approximate surface area is 116 Å². The van der Waals surface area contributed by atoms with Crippen LogP contribution < -0.4 is 5.32 Å². The second-order valence-corrected chi connectivity index (χ2v) is 7.55. The molecular weight excluding hydrogens is 264 g/mol. The van der Waals surface area contributed by atoms with Gasteiger partial charge in [0, 0.05) is 12.3 Å². The lowest BCUT2D eigenvalue weighted by atomic mass is 10.2. The van der Waals surface area contributed by atoms with Gasteiger partial charge in [0.05, 0.1) is 18.0 Å². The highest BCUT2D eigenvalue weighted by molar-refractivity contribution is 7.91. The van der Waals surface area contributed by atoms with Crippen LogP contribution in [-0.2, 0) is 14.6 Å². The minimum Gasteiger partial charge on any atom is -0.325 e. The molecule has 0 aromatic carbocycles. The van der Waals surface area contributed by atoms with Crippen LogP contribution in [0.25, 0.3) is 0 Å². The van der Waals surface area contributed by atoms with E-state index in [1.165, 1.54) is 0 Å². The first kappa shape index (κ1) is 16.4. The fourth-order valence-corrected chi connectivity index (χ4v) is 3.17. The van der Waals surface area contributed by atoms with Gasteiger partial charge >= 0.3 is 0 Å². The number of carbonyl (C=O) groups is 1. The van der Waals surface area contributed by atoms with Gasteiger partial charge in [0.2, 0.25) is 5.91 Å². The van der Waals surface area contributed by atoms with Gasteiger partial charge in [0.15, 0.2) is 9.84 Å². The summed E-state index contributed by atoms with van der Waals surface area (Å²) in [4.78, 5) is 14.0. The first-order valence-corrected chi connectivity index (χ1v) is 9.04. The number of nitrogens with one attached hydrogen (secondary N) is 1. The number of amides is 1. The summed E-state index contributed by atoms with van der Waals surface area (Å²) in [5.41, 5.74) is 0. The molecule has 1 amide bonds. The van der Waals surface area contributed by atoms with Crippen LogP contribution in [-0.4, -0.2) is 49.5 Å². The lowest BCUT2D eigenvalue weighted by molar-refractivity contribution is -0.129. The zero-order valence-electron chi connectivity index (χ0n) is 12.2. The van der Waals surface area contributed by atoms with Crippen LogP contribution in [0.5, 0.6) is 0 Å². The van der Waals surface area contributed by atoms with Crippen molar-refractivity contribution in [1.82, 2.24) is 10.2 Å². The first-order chi connectivity index (χ1) is 8.95. The SMILES string of the molecule is CCCC1NC(CCC)N(CCS(=O)(=O)CC)C1=O. The molecule has 0 radical (unpaired) electrons. The van der Waals surface area contributed by atoms with Gasteiger partial charge in [-0.05, 0) is 12.8 Å². The number of nitrogens with zero attached hydrogens (tertiary/aromatic N) is 1. The summed E-state index contributed by atoms with van der Waals surface area (Å²) in [6.45, 7) is 6.07. The number of sulfone groups is 1. The van der Waals surface area contributed by atoms with Crippen LogP contribution in [0.1, 0.15) is 46.5 Å². The van der Waals surface area contributed by atoms with E-state index >= 15 is 0 Å². The fraction of sp³-hybridized carbons (Fsp3) is 0.923. The minimum absolute atomic E-state index is 0.00102. The molecule has 0 saturated carbocycles. The Morgan fingerprint density at radius 3 is 2.32 bits per heavy atom. The van der Waals surface area contributed by atoms with E-state index < -0.39 is 9.84 Å². The third-order valence-corrected chi connectivity index (χ3v) is 5.26. The Bertz CT molecular complexity index is 395. The van der Waals surface area contributed by atoms with Gasteiger partial charge in [-0.3, -0.25) is 10.1 Å². The van der Waals surface area contributed by atoms with Gasteiger partial charge in [0.1, 0.15) is 0 Å². The summed E-state index contributed by atoms with van der Waals surface area (Å²) >= 11 is 0. The molecule has 0 bridgehead atoms. The van der Waals surface area contributed by atoms with Gasteiger partial charge in [-0.1, -0.05) is 33.6 Å². The summed E-state index contributed by atoms with van der Waals surface area (Å²) in [5, 5.41) is 3.33. The number of rotatable bonds is 8. The van der Waals surface area contributed by atoms with E-state index in [1.807, 2.05) is 6.92 Å². The van der Waals surface area contributed by atoms with Crippen LogP contribution in [0.15, 0.2) is 0 Å². The van der Waals surface area contributed by atoms with E-state index in [9.17, 15) is 13.2 Å². The summed E-state index contributed by atoms with van der Waals surface area (Å²) in [7, 11) is -3.02. The van der Waals surface area contributed by atoms with Crippen LogP contribution in [0, 0.1) is 0 Å². The smallest absolute Gasteiger partial charge is 0.241 e.